The number of hydrogen-bond acceptors (Lipinski definition) is 2. The standard InChI is InChI=1S/C12H21NO/c1-10-7-8-12(14-10)9-13-11-5-3-2-4-6-11/h3,5,10-13H,2,4,6-9H2,1H3. The molecule has 0 aromatic rings. The van der Waals surface area contributed by atoms with Gasteiger partial charge >= 0.3 is 0 Å². The molecular weight excluding hydrogens is 174 g/mol. The Kier molecular flexibility index (Phi) is 3.60. The number of ether oxygens (including phenoxy) is 1. The number of allylic oxidation sites excluding steroid dienone is 1. The van der Waals surface area contributed by atoms with Crippen molar-refractivity contribution in [1.82, 2.24) is 5.32 Å². The number of rotatable bonds is 3. The Morgan fingerprint density at radius 2 is 2.29 bits per heavy atom. The highest BCUT2D eigenvalue weighted by Crippen LogP contribution is 2.19. The topological polar surface area (TPSA) is 21.3 Å². The summed E-state index contributed by atoms with van der Waals surface area (Å²) in [5.74, 6) is 0. The minimum absolute atomic E-state index is 0.459. The van der Waals surface area contributed by atoms with E-state index in [1.807, 2.05) is 0 Å². The molecule has 0 bridgehead atoms. The van der Waals surface area contributed by atoms with Crippen molar-refractivity contribution in [2.24, 2.45) is 0 Å². The molecule has 0 amide bonds. The van der Waals surface area contributed by atoms with Gasteiger partial charge in [-0.15, -0.1) is 0 Å². The van der Waals surface area contributed by atoms with Crippen LogP contribution >= 0.6 is 0 Å². The van der Waals surface area contributed by atoms with Gasteiger partial charge in [0.1, 0.15) is 0 Å². The molecule has 2 rings (SSSR count). The van der Waals surface area contributed by atoms with Crippen LogP contribution in [0.25, 0.3) is 0 Å². The Labute approximate surface area is 86.7 Å². The Morgan fingerprint density at radius 1 is 1.36 bits per heavy atom. The second-order valence-corrected chi connectivity index (χ2v) is 4.52. The van der Waals surface area contributed by atoms with E-state index in [9.17, 15) is 0 Å². The zero-order valence-electron chi connectivity index (χ0n) is 9.04. The molecule has 0 radical (unpaired) electrons. The second kappa shape index (κ2) is 4.94. The van der Waals surface area contributed by atoms with Crippen LogP contribution in [0, 0.1) is 0 Å². The molecule has 1 fully saturated rings. The SMILES string of the molecule is CC1CCC(CNC2C=CCCC2)O1. The molecule has 2 nitrogen and oxygen atoms in total. The zero-order valence-corrected chi connectivity index (χ0v) is 9.04. The van der Waals surface area contributed by atoms with Gasteiger partial charge in [-0.3, -0.25) is 0 Å². The Bertz CT molecular complexity index is 202. The molecule has 1 aliphatic carbocycles. The average molecular weight is 195 g/mol. The smallest absolute Gasteiger partial charge is 0.0704 e. The van der Waals surface area contributed by atoms with Gasteiger partial charge < -0.3 is 10.1 Å². The lowest BCUT2D eigenvalue weighted by Gasteiger charge is -2.20. The van der Waals surface area contributed by atoms with E-state index in [-0.39, 0.29) is 0 Å². The molecule has 0 aromatic heterocycles. The first-order chi connectivity index (χ1) is 6.84. The molecule has 0 saturated carbocycles. The lowest BCUT2D eigenvalue weighted by molar-refractivity contribution is 0.0549. The molecule has 3 unspecified atom stereocenters. The summed E-state index contributed by atoms with van der Waals surface area (Å²) >= 11 is 0. The summed E-state index contributed by atoms with van der Waals surface area (Å²) in [6.45, 7) is 3.19. The van der Waals surface area contributed by atoms with E-state index in [1.165, 1.54) is 32.1 Å². The van der Waals surface area contributed by atoms with Crippen molar-refractivity contribution in [2.45, 2.75) is 57.3 Å². The maximum absolute atomic E-state index is 5.77. The Morgan fingerprint density at radius 3 is 2.93 bits per heavy atom. The first-order valence-electron chi connectivity index (χ1n) is 5.90. The molecule has 1 saturated heterocycles. The third-order valence-electron chi connectivity index (χ3n) is 3.18. The summed E-state index contributed by atoms with van der Waals surface area (Å²) in [4.78, 5) is 0. The van der Waals surface area contributed by atoms with Crippen molar-refractivity contribution in [2.75, 3.05) is 6.54 Å². The van der Waals surface area contributed by atoms with Crippen molar-refractivity contribution < 1.29 is 4.74 Å². The van der Waals surface area contributed by atoms with Crippen LogP contribution in [0.4, 0.5) is 0 Å². The predicted molar refractivity (Wildman–Crippen MR) is 58.4 cm³/mol. The number of nitrogens with one attached hydrogen (secondary N) is 1. The van der Waals surface area contributed by atoms with Crippen LogP contribution in [0.2, 0.25) is 0 Å². The van der Waals surface area contributed by atoms with Crippen molar-refractivity contribution in [3.8, 4) is 0 Å². The molecule has 80 valence electrons. The van der Waals surface area contributed by atoms with Crippen LogP contribution in [0.5, 0.6) is 0 Å². The van der Waals surface area contributed by atoms with Gasteiger partial charge in [0.05, 0.1) is 12.2 Å². The van der Waals surface area contributed by atoms with E-state index in [2.05, 4.69) is 24.4 Å². The summed E-state index contributed by atoms with van der Waals surface area (Å²) in [6.07, 6.45) is 11.9. The van der Waals surface area contributed by atoms with Gasteiger partial charge in [-0.25, -0.2) is 0 Å². The third-order valence-corrected chi connectivity index (χ3v) is 3.18. The fraction of sp³-hybridized carbons (Fsp3) is 0.833. The quantitative estimate of drug-likeness (QED) is 0.697. The maximum atomic E-state index is 5.77. The van der Waals surface area contributed by atoms with Gasteiger partial charge in [0.2, 0.25) is 0 Å². The van der Waals surface area contributed by atoms with Crippen molar-refractivity contribution >= 4 is 0 Å². The minimum atomic E-state index is 0.459. The lowest BCUT2D eigenvalue weighted by atomic mass is 10.0. The monoisotopic (exact) mass is 195 g/mol. The molecule has 2 aliphatic rings. The van der Waals surface area contributed by atoms with E-state index in [0.717, 1.165) is 6.54 Å². The van der Waals surface area contributed by atoms with E-state index < -0.39 is 0 Å². The first kappa shape index (κ1) is 10.2. The van der Waals surface area contributed by atoms with Crippen LogP contribution in [0.1, 0.15) is 39.0 Å². The highest BCUT2D eigenvalue weighted by Gasteiger charge is 2.22. The van der Waals surface area contributed by atoms with Gasteiger partial charge in [-0.1, -0.05) is 12.2 Å². The van der Waals surface area contributed by atoms with Gasteiger partial charge in [0, 0.05) is 12.6 Å². The fourth-order valence-corrected chi connectivity index (χ4v) is 2.30. The summed E-state index contributed by atoms with van der Waals surface area (Å²) in [6, 6.07) is 0.600. The largest absolute Gasteiger partial charge is 0.374 e. The van der Waals surface area contributed by atoms with Crippen LogP contribution in [-0.4, -0.2) is 24.8 Å². The van der Waals surface area contributed by atoms with Gasteiger partial charge in [-0.05, 0) is 39.0 Å². The highest BCUT2D eigenvalue weighted by molar-refractivity contribution is 4.97. The highest BCUT2D eigenvalue weighted by atomic mass is 16.5. The Balaban J connectivity index is 1.66. The predicted octanol–water partition coefficient (Wildman–Crippen LogP) is 2.25. The van der Waals surface area contributed by atoms with E-state index >= 15 is 0 Å². The van der Waals surface area contributed by atoms with Crippen molar-refractivity contribution in [3.05, 3.63) is 12.2 Å². The summed E-state index contributed by atoms with van der Waals surface area (Å²) in [5, 5.41) is 3.57. The van der Waals surface area contributed by atoms with Gasteiger partial charge in [0.15, 0.2) is 0 Å². The van der Waals surface area contributed by atoms with Crippen LogP contribution in [0.15, 0.2) is 12.2 Å². The summed E-state index contributed by atoms with van der Waals surface area (Å²) < 4.78 is 5.77. The van der Waals surface area contributed by atoms with Crippen molar-refractivity contribution in [1.29, 1.82) is 0 Å². The second-order valence-electron chi connectivity index (χ2n) is 4.52. The molecule has 0 spiro atoms. The van der Waals surface area contributed by atoms with E-state index in [1.54, 1.807) is 0 Å². The molecular formula is C12H21NO. The molecule has 0 aromatic carbocycles. The van der Waals surface area contributed by atoms with E-state index in [4.69, 9.17) is 4.74 Å². The van der Waals surface area contributed by atoms with Crippen LogP contribution in [0.3, 0.4) is 0 Å². The molecule has 3 atom stereocenters. The maximum Gasteiger partial charge on any atom is 0.0704 e. The summed E-state index contributed by atoms with van der Waals surface area (Å²) in [7, 11) is 0. The van der Waals surface area contributed by atoms with Crippen LogP contribution in [-0.2, 0) is 4.74 Å². The third kappa shape index (κ3) is 2.82. The van der Waals surface area contributed by atoms with Gasteiger partial charge in [-0.2, -0.15) is 0 Å². The minimum Gasteiger partial charge on any atom is -0.374 e. The van der Waals surface area contributed by atoms with Crippen molar-refractivity contribution in [3.63, 3.8) is 0 Å². The Hall–Kier alpha value is -0.340. The summed E-state index contributed by atoms with van der Waals surface area (Å²) in [5.41, 5.74) is 0. The molecule has 1 heterocycles. The normalized spacial score (nSPS) is 37.6. The first-order valence-corrected chi connectivity index (χ1v) is 5.90. The zero-order chi connectivity index (χ0) is 9.80. The van der Waals surface area contributed by atoms with E-state index in [0.29, 0.717) is 18.2 Å². The molecule has 1 N–H and O–H groups in total. The number of hydrogen-bond donors (Lipinski definition) is 1. The van der Waals surface area contributed by atoms with Gasteiger partial charge in [0.25, 0.3) is 0 Å². The average Bonchev–Trinajstić information content (AvgIpc) is 2.63. The lowest BCUT2D eigenvalue weighted by Crippen LogP contribution is -2.35. The molecule has 1 aliphatic heterocycles. The molecule has 14 heavy (non-hydrogen) atoms. The fourth-order valence-electron chi connectivity index (χ4n) is 2.30. The molecule has 2 heteroatoms. The van der Waals surface area contributed by atoms with Crippen LogP contribution < -0.4 is 5.32 Å².